The predicted octanol–water partition coefficient (Wildman–Crippen LogP) is 3.07. The van der Waals surface area contributed by atoms with Gasteiger partial charge in [-0.15, -0.1) is 0 Å². The molecule has 1 rings (SSSR count). The normalized spacial score (nSPS) is 10.1. The molecule has 0 aliphatic rings. The van der Waals surface area contributed by atoms with Gasteiger partial charge in [0, 0.05) is 16.1 Å². The van der Waals surface area contributed by atoms with Gasteiger partial charge in [0.2, 0.25) is 5.82 Å². The van der Waals surface area contributed by atoms with Gasteiger partial charge in [-0.05, 0) is 22.0 Å². The van der Waals surface area contributed by atoms with Crippen LogP contribution in [0.1, 0.15) is 10.4 Å². The van der Waals surface area contributed by atoms with Crippen molar-refractivity contribution in [2.45, 2.75) is 0 Å². The predicted molar refractivity (Wildman–Crippen MR) is 58.9 cm³/mol. The number of carbonyl (C=O) groups is 1. The Morgan fingerprint density at radius 1 is 1.53 bits per heavy atom. The van der Waals surface area contributed by atoms with Gasteiger partial charge >= 0.3 is 5.69 Å². The van der Waals surface area contributed by atoms with Crippen LogP contribution in [0.4, 0.5) is 10.1 Å². The first kappa shape index (κ1) is 12.3. The number of hydrogen-bond acceptors (Lipinski definition) is 3. The van der Waals surface area contributed by atoms with E-state index in [0.29, 0.717) is 0 Å². The number of rotatable bonds is 3. The monoisotopic (exact) mass is 339 g/mol. The van der Waals surface area contributed by atoms with Gasteiger partial charge in [-0.3, -0.25) is 14.9 Å². The van der Waals surface area contributed by atoms with E-state index < -0.39 is 16.4 Å². The summed E-state index contributed by atoms with van der Waals surface area (Å²) in [6.45, 7) is 0. The SMILES string of the molecule is O=C(CBr)c1cc([N+](=O)[O-])c(F)cc1Br. The second-order valence-electron chi connectivity index (χ2n) is 2.60. The lowest BCUT2D eigenvalue weighted by molar-refractivity contribution is -0.387. The van der Waals surface area contributed by atoms with Crippen LogP contribution in [-0.2, 0) is 0 Å². The van der Waals surface area contributed by atoms with E-state index in [9.17, 15) is 19.3 Å². The molecular weight excluding hydrogens is 337 g/mol. The van der Waals surface area contributed by atoms with Gasteiger partial charge in [0.05, 0.1) is 10.3 Å². The van der Waals surface area contributed by atoms with Crippen LogP contribution in [0, 0.1) is 15.9 Å². The van der Waals surface area contributed by atoms with E-state index in [1.165, 1.54) is 0 Å². The molecule has 0 fully saturated rings. The van der Waals surface area contributed by atoms with E-state index in [1.54, 1.807) is 0 Å². The number of halogens is 3. The minimum atomic E-state index is -0.974. The van der Waals surface area contributed by atoms with E-state index in [4.69, 9.17) is 0 Å². The first-order valence-electron chi connectivity index (χ1n) is 3.70. The highest BCUT2D eigenvalue weighted by Crippen LogP contribution is 2.26. The Kier molecular flexibility index (Phi) is 3.92. The van der Waals surface area contributed by atoms with Crippen molar-refractivity contribution in [3.63, 3.8) is 0 Å². The third-order valence-electron chi connectivity index (χ3n) is 1.65. The minimum absolute atomic E-state index is 0.0222. The Morgan fingerprint density at radius 3 is 2.60 bits per heavy atom. The maximum atomic E-state index is 13.1. The maximum absolute atomic E-state index is 13.1. The zero-order valence-corrected chi connectivity index (χ0v) is 10.3. The number of Topliss-reactive ketones (excluding diaryl/α,β-unsaturated/α-hetero) is 1. The Hall–Kier alpha value is -0.820. The second kappa shape index (κ2) is 4.80. The van der Waals surface area contributed by atoms with Gasteiger partial charge in [0.15, 0.2) is 5.78 Å². The van der Waals surface area contributed by atoms with Gasteiger partial charge < -0.3 is 0 Å². The number of alkyl halides is 1. The van der Waals surface area contributed by atoms with Crippen LogP contribution < -0.4 is 0 Å². The number of ketones is 1. The summed E-state index contributed by atoms with van der Waals surface area (Å²) in [5.74, 6) is -1.33. The molecule has 0 aromatic heterocycles. The highest BCUT2D eigenvalue weighted by Gasteiger charge is 2.20. The fourth-order valence-corrected chi connectivity index (χ4v) is 1.80. The third kappa shape index (κ3) is 2.60. The topological polar surface area (TPSA) is 60.2 Å². The van der Waals surface area contributed by atoms with Crippen molar-refractivity contribution in [2.24, 2.45) is 0 Å². The molecule has 4 nitrogen and oxygen atoms in total. The largest absolute Gasteiger partial charge is 0.305 e. The van der Waals surface area contributed by atoms with Gasteiger partial charge in [-0.25, -0.2) is 0 Å². The molecule has 0 saturated heterocycles. The molecule has 1 aromatic rings. The number of hydrogen-bond donors (Lipinski definition) is 0. The summed E-state index contributed by atoms with van der Waals surface area (Å²) >= 11 is 5.90. The van der Waals surface area contributed by atoms with Crippen LogP contribution in [0.5, 0.6) is 0 Å². The van der Waals surface area contributed by atoms with Crippen LogP contribution in [0.2, 0.25) is 0 Å². The molecule has 0 N–H and O–H groups in total. The molecule has 7 heteroatoms. The molecule has 0 amide bonds. The van der Waals surface area contributed by atoms with Crippen molar-refractivity contribution in [1.29, 1.82) is 0 Å². The van der Waals surface area contributed by atoms with E-state index in [1.807, 2.05) is 0 Å². The third-order valence-corrected chi connectivity index (χ3v) is 2.82. The molecule has 0 atom stereocenters. The van der Waals surface area contributed by atoms with Crippen molar-refractivity contribution in [3.05, 3.63) is 38.1 Å². The Balaban J connectivity index is 3.36. The molecule has 80 valence electrons. The van der Waals surface area contributed by atoms with Crippen molar-refractivity contribution < 1.29 is 14.1 Å². The van der Waals surface area contributed by atoms with Crippen LogP contribution in [0.25, 0.3) is 0 Å². The summed E-state index contributed by atoms with van der Waals surface area (Å²) < 4.78 is 13.3. The van der Waals surface area contributed by atoms with Crippen LogP contribution in [0.3, 0.4) is 0 Å². The number of benzene rings is 1. The van der Waals surface area contributed by atoms with Crippen molar-refractivity contribution in [1.82, 2.24) is 0 Å². The molecule has 0 aliphatic carbocycles. The van der Waals surface area contributed by atoms with E-state index in [0.717, 1.165) is 12.1 Å². The fourth-order valence-electron chi connectivity index (χ4n) is 0.963. The van der Waals surface area contributed by atoms with E-state index in [2.05, 4.69) is 31.9 Å². The van der Waals surface area contributed by atoms with E-state index in [-0.39, 0.29) is 21.1 Å². The van der Waals surface area contributed by atoms with Gasteiger partial charge in [0.1, 0.15) is 0 Å². The average molecular weight is 341 g/mol. The summed E-state index contributed by atoms with van der Waals surface area (Å²) in [5.41, 5.74) is -0.623. The molecule has 0 saturated carbocycles. The van der Waals surface area contributed by atoms with E-state index >= 15 is 0 Å². The molecular formula is C8H4Br2FNO3. The summed E-state index contributed by atoms with van der Waals surface area (Å²) in [5, 5.41) is 10.4. The molecule has 1 aromatic carbocycles. The molecule has 0 radical (unpaired) electrons. The lowest BCUT2D eigenvalue weighted by atomic mass is 10.1. The molecule has 0 aliphatic heterocycles. The number of nitro groups is 1. The molecule has 0 spiro atoms. The van der Waals surface area contributed by atoms with Gasteiger partial charge in [-0.2, -0.15) is 4.39 Å². The van der Waals surface area contributed by atoms with Crippen LogP contribution in [-0.4, -0.2) is 16.0 Å². The highest BCUT2D eigenvalue weighted by molar-refractivity contribution is 9.10. The maximum Gasteiger partial charge on any atom is 0.305 e. The number of carbonyl (C=O) groups excluding carboxylic acids is 1. The average Bonchev–Trinajstić information content (AvgIpc) is 2.16. The van der Waals surface area contributed by atoms with Crippen molar-refractivity contribution in [2.75, 3.05) is 5.33 Å². The standard InChI is InChI=1S/C8H4Br2FNO3/c9-3-8(13)4-1-7(12(14)15)6(11)2-5(4)10/h1-2H,3H2. The Morgan fingerprint density at radius 2 is 2.13 bits per heavy atom. The summed E-state index contributed by atoms with van der Waals surface area (Å²) in [4.78, 5) is 20.9. The van der Waals surface area contributed by atoms with Crippen LogP contribution in [0.15, 0.2) is 16.6 Å². The molecule has 0 bridgehead atoms. The van der Waals surface area contributed by atoms with Gasteiger partial charge in [0.25, 0.3) is 0 Å². The number of nitro benzene ring substituents is 1. The number of nitrogens with zero attached hydrogens (tertiary/aromatic N) is 1. The zero-order chi connectivity index (χ0) is 11.6. The summed E-state index contributed by atoms with van der Waals surface area (Å²) in [6, 6.07) is 1.83. The lowest BCUT2D eigenvalue weighted by Gasteiger charge is -2.01. The zero-order valence-electron chi connectivity index (χ0n) is 7.17. The highest BCUT2D eigenvalue weighted by atomic mass is 79.9. The van der Waals surface area contributed by atoms with Crippen LogP contribution >= 0.6 is 31.9 Å². The molecule has 15 heavy (non-hydrogen) atoms. The lowest BCUT2D eigenvalue weighted by Crippen LogP contribution is -2.04. The molecule has 0 unspecified atom stereocenters. The van der Waals surface area contributed by atoms with Crippen molar-refractivity contribution in [3.8, 4) is 0 Å². The Bertz CT molecular complexity index is 436. The quantitative estimate of drug-likeness (QED) is 0.367. The first-order valence-corrected chi connectivity index (χ1v) is 5.61. The van der Waals surface area contributed by atoms with Gasteiger partial charge in [-0.1, -0.05) is 15.9 Å². The summed E-state index contributed by atoms with van der Waals surface area (Å²) in [6.07, 6.45) is 0. The second-order valence-corrected chi connectivity index (χ2v) is 4.01. The fraction of sp³-hybridized carbons (Fsp3) is 0.125. The smallest absolute Gasteiger partial charge is 0.293 e. The first-order chi connectivity index (χ1) is 6.97. The minimum Gasteiger partial charge on any atom is -0.293 e. The molecule has 0 heterocycles. The van der Waals surface area contributed by atoms with Crippen molar-refractivity contribution >= 4 is 43.3 Å². The Labute approximate surface area is 101 Å². The summed E-state index contributed by atoms with van der Waals surface area (Å²) in [7, 11) is 0.